The predicted molar refractivity (Wildman–Crippen MR) is 258 cm³/mol. The van der Waals surface area contributed by atoms with Crippen molar-refractivity contribution in [2.24, 2.45) is 16.7 Å². The van der Waals surface area contributed by atoms with Crippen LogP contribution in [0.2, 0.25) is 0 Å². The predicted octanol–water partition coefficient (Wildman–Crippen LogP) is 4.83. The lowest BCUT2D eigenvalue weighted by atomic mass is 9.44. The molecule has 0 unspecified atom stereocenters. The maximum Gasteiger partial charge on any atom is 0.338 e. The summed E-state index contributed by atoms with van der Waals surface area (Å²) in [5.74, 6) is -7.62. The molecule has 5 N–H and O–H groups in total. The van der Waals surface area contributed by atoms with E-state index >= 15 is 4.79 Å². The number of esters is 4. The number of pyridine rings is 1. The van der Waals surface area contributed by atoms with Crippen molar-refractivity contribution in [2.45, 2.75) is 121 Å². The van der Waals surface area contributed by atoms with Crippen LogP contribution in [0.15, 0.2) is 127 Å². The van der Waals surface area contributed by atoms with Gasteiger partial charge in [0.2, 0.25) is 0 Å². The number of hydrogen-bond donors (Lipinski definition) is 5. The van der Waals surface area contributed by atoms with Crippen molar-refractivity contribution >= 4 is 41.5 Å². The van der Waals surface area contributed by atoms with Crippen LogP contribution >= 0.6 is 0 Å². The van der Waals surface area contributed by atoms with Gasteiger partial charge in [-0.3, -0.25) is 29.0 Å². The van der Waals surface area contributed by atoms with Crippen molar-refractivity contribution in [3.63, 3.8) is 0 Å². The molecular formula is C55H60N2O16. The van der Waals surface area contributed by atoms with Crippen molar-refractivity contribution in [1.29, 1.82) is 0 Å². The summed E-state index contributed by atoms with van der Waals surface area (Å²) in [4.78, 5) is 97.6. The SMILES string of the molecule is CC(=O)O[C@H]1C(=O)[C@@]2(C)[C@H]([C@H](OC(=O)c3ccccc3)[C@]3(O)C[C@H](OC(=O)[C@H](O)[C@@H](NC(=O)c4ccccc4)c4ccccc4)C(C)=C1C3(C)C)[C@]1(OC(C)=O)CO[C@@H]1C[C@@H]2O.O=C(O)CCc1ccccn1. The minimum atomic E-state index is -2.39. The van der Waals surface area contributed by atoms with Gasteiger partial charge in [-0.1, -0.05) is 86.6 Å². The summed E-state index contributed by atoms with van der Waals surface area (Å²) in [5.41, 5.74) is -6.19. The van der Waals surface area contributed by atoms with E-state index in [-0.39, 0.29) is 41.7 Å². The molecule has 4 aliphatic rings. The van der Waals surface area contributed by atoms with Gasteiger partial charge in [0.15, 0.2) is 23.6 Å². The van der Waals surface area contributed by atoms with E-state index in [1.807, 2.05) is 18.2 Å². The van der Waals surface area contributed by atoms with E-state index in [0.717, 1.165) is 19.5 Å². The molecule has 18 nitrogen and oxygen atoms in total. The van der Waals surface area contributed by atoms with Gasteiger partial charge < -0.3 is 49.4 Å². The molecule has 2 saturated carbocycles. The zero-order chi connectivity index (χ0) is 53.0. The summed E-state index contributed by atoms with van der Waals surface area (Å²) in [5, 5.41) is 48.6. The zero-order valence-electron chi connectivity index (χ0n) is 41.3. The van der Waals surface area contributed by atoms with E-state index in [4.69, 9.17) is 28.8 Å². The molecule has 3 aromatic carbocycles. The number of benzene rings is 3. The van der Waals surface area contributed by atoms with Crippen LogP contribution in [0.4, 0.5) is 0 Å². The fourth-order valence-corrected chi connectivity index (χ4v) is 11.0. The van der Waals surface area contributed by atoms with Crippen molar-refractivity contribution in [3.05, 3.63) is 149 Å². The maximum absolute atomic E-state index is 15.5. The van der Waals surface area contributed by atoms with Crippen molar-refractivity contribution < 1.29 is 77.7 Å². The van der Waals surface area contributed by atoms with Gasteiger partial charge in [-0.25, -0.2) is 9.59 Å². The molecule has 2 heterocycles. The lowest BCUT2D eigenvalue weighted by molar-refractivity contribution is -0.346. The number of aryl methyl sites for hydroxylation is 1. The third-order valence-electron chi connectivity index (χ3n) is 14.8. The second kappa shape index (κ2) is 21.5. The first-order valence-corrected chi connectivity index (χ1v) is 23.9. The Labute approximate surface area is 421 Å². The highest BCUT2D eigenvalue weighted by molar-refractivity contribution is 5.96. The highest BCUT2D eigenvalue weighted by atomic mass is 16.6. The summed E-state index contributed by atoms with van der Waals surface area (Å²) in [6.45, 7) is 7.97. The minimum absolute atomic E-state index is 0.00289. The molecule has 3 fully saturated rings. The molecule has 1 aromatic heterocycles. The number of aliphatic carboxylic acids is 1. The largest absolute Gasteiger partial charge is 0.481 e. The number of rotatable bonds is 13. The summed E-state index contributed by atoms with van der Waals surface area (Å²) >= 11 is 0. The number of nitrogens with one attached hydrogen (secondary N) is 1. The Kier molecular flexibility index (Phi) is 15.8. The minimum Gasteiger partial charge on any atom is -0.481 e. The maximum atomic E-state index is 15.5. The number of aliphatic hydroxyl groups is 3. The number of amides is 1. The van der Waals surface area contributed by atoms with Crippen molar-refractivity contribution in [3.8, 4) is 0 Å². The highest BCUT2D eigenvalue weighted by Crippen LogP contribution is 2.64. The molecule has 18 heteroatoms. The summed E-state index contributed by atoms with van der Waals surface area (Å²) in [6, 6.07) is 28.4. The second-order valence-corrected chi connectivity index (χ2v) is 19.6. The van der Waals surface area contributed by atoms with Crippen LogP contribution in [0.25, 0.3) is 0 Å². The van der Waals surface area contributed by atoms with E-state index in [2.05, 4.69) is 10.3 Å². The molecule has 2 bridgehead atoms. The fraction of sp³-hybridized carbons (Fsp3) is 0.418. The topological polar surface area (TPSA) is 271 Å². The molecule has 0 spiro atoms. The zero-order valence-corrected chi connectivity index (χ0v) is 41.3. The molecule has 4 aromatic rings. The van der Waals surface area contributed by atoms with Crippen LogP contribution in [0.3, 0.4) is 0 Å². The smallest absolute Gasteiger partial charge is 0.338 e. The Hall–Kier alpha value is -7.12. The van der Waals surface area contributed by atoms with Gasteiger partial charge in [-0.05, 0) is 67.0 Å². The number of ether oxygens (including phenoxy) is 5. The number of Topliss-reactive ketones (excluding diaryl/α,β-unsaturated/α-hetero) is 1. The Morgan fingerprint density at radius 2 is 1.42 bits per heavy atom. The second-order valence-electron chi connectivity index (χ2n) is 19.6. The molecular weight excluding hydrogens is 945 g/mol. The van der Waals surface area contributed by atoms with Gasteiger partial charge in [0.25, 0.3) is 5.91 Å². The van der Waals surface area contributed by atoms with E-state index in [0.29, 0.717) is 12.0 Å². The van der Waals surface area contributed by atoms with Crippen LogP contribution < -0.4 is 5.32 Å². The number of carboxylic acid groups (broad SMARTS) is 1. The summed E-state index contributed by atoms with van der Waals surface area (Å²) in [7, 11) is 0. The number of ketones is 1. The first kappa shape index (κ1) is 53.7. The van der Waals surface area contributed by atoms with E-state index in [9.17, 15) is 44.1 Å². The molecule has 1 amide bonds. The number of carboxylic acids is 1. The Bertz CT molecular complexity index is 2740. The average molecular weight is 1010 g/mol. The number of fused-ring (bicyclic) bond motifs is 5. The Morgan fingerprint density at radius 1 is 0.822 bits per heavy atom. The third-order valence-corrected chi connectivity index (χ3v) is 14.8. The number of hydrogen-bond acceptors (Lipinski definition) is 16. The van der Waals surface area contributed by atoms with Crippen LogP contribution in [0.1, 0.15) is 98.8 Å². The Balaban J connectivity index is 0.000000628. The molecule has 1 saturated heterocycles. The third kappa shape index (κ3) is 10.4. The monoisotopic (exact) mass is 1000 g/mol. The number of aromatic nitrogens is 1. The van der Waals surface area contributed by atoms with Gasteiger partial charge >= 0.3 is 29.8 Å². The average Bonchev–Trinajstić information content (AvgIpc) is 3.36. The van der Waals surface area contributed by atoms with Crippen LogP contribution in [0, 0.1) is 16.7 Å². The number of aliphatic hydroxyl groups excluding tert-OH is 2. The quantitative estimate of drug-likeness (QED) is 0.0681. The highest BCUT2D eigenvalue weighted by Gasteiger charge is 2.78. The first-order chi connectivity index (χ1) is 34.6. The van der Waals surface area contributed by atoms with Crippen molar-refractivity contribution in [2.75, 3.05) is 6.61 Å². The Morgan fingerprint density at radius 3 is 1.97 bits per heavy atom. The van der Waals surface area contributed by atoms with Crippen LogP contribution in [-0.2, 0) is 54.1 Å². The van der Waals surface area contributed by atoms with Gasteiger partial charge in [0, 0.05) is 56.0 Å². The molecule has 0 radical (unpaired) electrons. The standard InChI is InChI=1S/C47H51NO14.C8H9NO2/c1-25-31(60-43(56)36(52)35(28-16-10-7-11-17-28)48-41(54)29-18-12-8-13-19-29)23-47(57)40(61-42(55)30-20-14-9-15-21-30)38-45(6,32(51)22-33-46(38,24-58-33)62-27(3)50)39(53)37(59-26(2)49)34(25)44(47,4)5;10-8(11)5-4-7-3-1-2-6-9-7/h7-21,31-33,35-38,40,51-52,57H,22-24H2,1-6H3,(H,48,54);1-3,6H,4-5H2,(H,10,11)/t31-,32-,33+,35-,36+,37+,38-,40-,45+,46-,47+;/m0./s1. The number of carbonyl (C=O) groups excluding carboxylic acids is 6. The molecule has 8 rings (SSSR count). The number of nitrogens with zero attached hydrogens (tertiary/aromatic N) is 1. The lowest BCUT2D eigenvalue weighted by Crippen LogP contribution is -2.82. The van der Waals surface area contributed by atoms with Crippen LogP contribution in [0.5, 0.6) is 0 Å². The van der Waals surface area contributed by atoms with Gasteiger partial charge in [0.1, 0.15) is 23.9 Å². The fourth-order valence-electron chi connectivity index (χ4n) is 11.0. The number of carbonyl (C=O) groups is 7. The van der Waals surface area contributed by atoms with E-state index in [1.165, 1.54) is 26.0 Å². The van der Waals surface area contributed by atoms with Gasteiger partial charge in [-0.2, -0.15) is 0 Å². The van der Waals surface area contributed by atoms with Crippen molar-refractivity contribution in [1.82, 2.24) is 10.3 Å². The molecule has 386 valence electrons. The van der Waals surface area contributed by atoms with Gasteiger partial charge in [-0.15, -0.1) is 0 Å². The van der Waals surface area contributed by atoms with Crippen LogP contribution in [-0.4, -0.2) is 121 Å². The first-order valence-electron chi connectivity index (χ1n) is 23.9. The molecule has 3 aliphatic carbocycles. The van der Waals surface area contributed by atoms with E-state index in [1.54, 1.807) is 98.9 Å². The summed E-state index contributed by atoms with van der Waals surface area (Å²) < 4.78 is 30.3. The normalized spacial score (nSPS) is 28.5. The molecule has 11 atom stereocenters. The molecule has 73 heavy (non-hydrogen) atoms. The summed E-state index contributed by atoms with van der Waals surface area (Å²) in [6.07, 6.45) is -8.19. The lowest BCUT2D eigenvalue weighted by Gasteiger charge is -2.67. The molecule has 1 aliphatic heterocycles. The van der Waals surface area contributed by atoms with Gasteiger partial charge in [0.05, 0.1) is 42.1 Å². The van der Waals surface area contributed by atoms with E-state index < -0.39 is 119 Å².